The second kappa shape index (κ2) is 9.67. The van der Waals surface area contributed by atoms with Crippen LogP contribution in [-0.4, -0.2) is 55.6 Å². The van der Waals surface area contributed by atoms with E-state index in [4.69, 9.17) is 15.2 Å². The van der Waals surface area contributed by atoms with Gasteiger partial charge in [-0.05, 0) is 36.4 Å². The van der Waals surface area contributed by atoms with Gasteiger partial charge >= 0.3 is 5.97 Å². The average Bonchev–Trinajstić information content (AvgIpc) is 2.78. The molecule has 31 heavy (non-hydrogen) atoms. The zero-order valence-electron chi connectivity index (χ0n) is 16.4. The average molecular weight is 428 g/mol. The molecule has 2 aromatic carbocycles. The first-order chi connectivity index (χ1) is 14.8. The van der Waals surface area contributed by atoms with Gasteiger partial charge in [-0.1, -0.05) is 0 Å². The Hall–Kier alpha value is -3.99. The summed E-state index contributed by atoms with van der Waals surface area (Å²) in [5.41, 5.74) is 5.94. The molecular formula is C20H20N4O7. The largest absolute Gasteiger partial charge is 0.452 e. The van der Waals surface area contributed by atoms with Crippen molar-refractivity contribution in [2.75, 3.05) is 43.1 Å². The number of hydrogen-bond donors (Lipinski definition) is 2. The van der Waals surface area contributed by atoms with E-state index in [1.54, 1.807) is 0 Å². The third kappa shape index (κ3) is 5.54. The Morgan fingerprint density at radius 3 is 2.35 bits per heavy atom. The van der Waals surface area contributed by atoms with E-state index in [1.165, 1.54) is 36.4 Å². The summed E-state index contributed by atoms with van der Waals surface area (Å²) in [6, 6.07) is 9.88. The lowest BCUT2D eigenvalue weighted by molar-refractivity contribution is -0.384. The van der Waals surface area contributed by atoms with Crippen molar-refractivity contribution in [1.82, 2.24) is 0 Å². The number of rotatable bonds is 7. The Morgan fingerprint density at radius 1 is 1.10 bits per heavy atom. The van der Waals surface area contributed by atoms with Crippen molar-refractivity contribution in [2.45, 2.75) is 0 Å². The molecule has 0 aliphatic carbocycles. The van der Waals surface area contributed by atoms with Crippen LogP contribution < -0.4 is 16.0 Å². The maximum Gasteiger partial charge on any atom is 0.338 e. The number of nitro groups is 1. The van der Waals surface area contributed by atoms with Crippen LogP contribution in [0.4, 0.5) is 17.1 Å². The summed E-state index contributed by atoms with van der Waals surface area (Å²) in [5, 5.41) is 14.0. The SMILES string of the molecule is NC(=O)c1ccc(NC(=O)COC(=O)c2ccc(N3CCOCC3)c([N+](=O)[O-])c2)cc1. The van der Waals surface area contributed by atoms with Crippen LogP contribution in [0, 0.1) is 10.1 Å². The van der Waals surface area contributed by atoms with Gasteiger partial charge in [0.05, 0.1) is 23.7 Å². The van der Waals surface area contributed by atoms with Crippen LogP contribution in [0.25, 0.3) is 0 Å². The smallest absolute Gasteiger partial charge is 0.338 e. The molecule has 1 heterocycles. The number of ether oxygens (including phenoxy) is 2. The van der Waals surface area contributed by atoms with E-state index in [1.807, 2.05) is 4.90 Å². The van der Waals surface area contributed by atoms with Crippen molar-refractivity contribution in [2.24, 2.45) is 5.73 Å². The van der Waals surface area contributed by atoms with E-state index in [2.05, 4.69) is 5.32 Å². The molecule has 0 unspecified atom stereocenters. The van der Waals surface area contributed by atoms with Gasteiger partial charge in [0, 0.05) is 30.4 Å². The highest BCUT2D eigenvalue weighted by atomic mass is 16.6. The second-order valence-corrected chi connectivity index (χ2v) is 6.63. The molecule has 11 nitrogen and oxygen atoms in total. The quantitative estimate of drug-likeness (QED) is 0.380. The molecule has 1 aliphatic rings. The van der Waals surface area contributed by atoms with Crippen LogP contribution in [0.1, 0.15) is 20.7 Å². The standard InChI is InChI=1S/C20H20N4O7/c21-19(26)13-1-4-15(5-2-13)22-18(25)12-31-20(27)14-3-6-16(17(11-14)24(28)29)23-7-9-30-10-8-23/h1-6,11H,7-10,12H2,(H2,21,26)(H,22,25). The predicted octanol–water partition coefficient (Wildman–Crippen LogP) is 1.33. The summed E-state index contributed by atoms with van der Waals surface area (Å²) in [4.78, 5) is 48.0. The third-order valence-corrected chi connectivity index (χ3v) is 4.55. The number of carbonyl (C=O) groups is 3. The van der Waals surface area contributed by atoms with Crippen LogP contribution in [0.5, 0.6) is 0 Å². The van der Waals surface area contributed by atoms with Gasteiger partial charge in [0.1, 0.15) is 5.69 Å². The number of esters is 1. The topological polar surface area (TPSA) is 154 Å². The van der Waals surface area contributed by atoms with Crippen LogP contribution in [0.3, 0.4) is 0 Å². The van der Waals surface area contributed by atoms with Gasteiger partial charge in [-0.3, -0.25) is 19.7 Å². The number of primary amides is 1. The molecule has 1 aliphatic heterocycles. The Kier molecular flexibility index (Phi) is 6.78. The molecule has 1 fully saturated rings. The lowest BCUT2D eigenvalue weighted by Gasteiger charge is -2.28. The van der Waals surface area contributed by atoms with Crippen molar-refractivity contribution in [3.05, 3.63) is 63.7 Å². The molecule has 2 aromatic rings. The normalized spacial score (nSPS) is 13.4. The van der Waals surface area contributed by atoms with Crippen molar-refractivity contribution in [1.29, 1.82) is 0 Å². The number of nitrogens with zero attached hydrogens (tertiary/aromatic N) is 2. The lowest BCUT2D eigenvalue weighted by Crippen LogP contribution is -2.36. The minimum Gasteiger partial charge on any atom is -0.452 e. The summed E-state index contributed by atoms with van der Waals surface area (Å²) >= 11 is 0. The van der Waals surface area contributed by atoms with E-state index in [9.17, 15) is 24.5 Å². The number of nitrogens with one attached hydrogen (secondary N) is 1. The number of carbonyl (C=O) groups excluding carboxylic acids is 3. The van der Waals surface area contributed by atoms with Gasteiger partial charge < -0.3 is 25.4 Å². The number of morpholine rings is 1. The fourth-order valence-electron chi connectivity index (χ4n) is 3.00. The first-order valence-electron chi connectivity index (χ1n) is 9.33. The third-order valence-electron chi connectivity index (χ3n) is 4.55. The molecule has 1 saturated heterocycles. The minimum atomic E-state index is -0.865. The molecule has 0 bridgehead atoms. The number of nitro benzene ring substituents is 1. The molecule has 11 heteroatoms. The summed E-state index contributed by atoms with van der Waals surface area (Å²) in [7, 11) is 0. The van der Waals surface area contributed by atoms with Crippen LogP contribution in [-0.2, 0) is 14.3 Å². The van der Waals surface area contributed by atoms with Crippen LogP contribution in [0.15, 0.2) is 42.5 Å². The zero-order chi connectivity index (χ0) is 22.4. The Labute approximate surface area is 176 Å². The van der Waals surface area contributed by atoms with Crippen LogP contribution in [0.2, 0.25) is 0 Å². The van der Waals surface area contributed by atoms with Gasteiger partial charge in [0.25, 0.3) is 11.6 Å². The monoisotopic (exact) mass is 428 g/mol. The van der Waals surface area contributed by atoms with E-state index in [0.29, 0.717) is 37.7 Å². The summed E-state index contributed by atoms with van der Waals surface area (Å²) in [5.74, 6) is -2.07. The van der Waals surface area contributed by atoms with Crippen molar-refractivity contribution in [3.63, 3.8) is 0 Å². The van der Waals surface area contributed by atoms with E-state index < -0.39 is 29.3 Å². The molecule has 162 valence electrons. The van der Waals surface area contributed by atoms with Gasteiger partial charge in [-0.2, -0.15) is 0 Å². The minimum absolute atomic E-state index is 0.0395. The van der Waals surface area contributed by atoms with Crippen molar-refractivity contribution >= 4 is 34.8 Å². The first kappa shape index (κ1) is 21.7. The highest BCUT2D eigenvalue weighted by Crippen LogP contribution is 2.30. The number of amides is 2. The number of nitrogens with two attached hydrogens (primary N) is 1. The fraction of sp³-hybridized carbons (Fsp3) is 0.250. The highest BCUT2D eigenvalue weighted by molar-refractivity contribution is 5.97. The van der Waals surface area contributed by atoms with E-state index in [0.717, 1.165) is 6.07 Å². The molecular weight excluding hydrogens is 408 g/mol. The summed E-state index contributed by atoms with van der Waals surface area (Å²) < 4.78 is 10.2. The summed E-state index contributed by atoms with van der Waals surface area (Å²) in [6.07, 6.45) is 0. The maximum atomic E-state index is 12.3. The van der Waals surface area contributed by atoms with E-state index in [-0.39, 0.29) is 16.8 Å². The molecule has 3 N–H and O–H groups in total. The fourth-order valence-corrected chi connectivity index (χ4v) is 3.00. The maximum absolute atomic E-state index is 12.3. The molecule has 0 radical (unpaired) electrons. The molecule has 2 amide bonds. The second-order valence-electron chi connectivity index (χ2n) is 6.63. The Bertz CT molecular complexity index is 1000. The lowest BCUT2D eigenvalue weighted by atomic mass is 10.1. The van der Waals surface area contributed by atoms with Gasteiger partial charge in [0.15, 0.2) is 6.61 Å². The highest BCUT2D eigenvalue weighted by Gasteiger charge is 2.24. The molecule has 3 rings (SSSR count). The van der Waals surface area contributed by atoms with Gasteiger partial charge in [-0.15, -0.1) is 0 Å². The number of hydrogen-bond acceptors (Lipinski definition) is 8. The molecule has 0 saturated carbocycles. The number of benzene rings is 2. The van der Waals surface area contributed by atoms with E-state index >= 15 is 0 Å². The number of anilines is 2. The van der Waals surface area contributed by atoms with Crippen molar-refractivity contribution in [3.8, 4) is 0 Å². The zero-order valence-corrected chi connectivity index (χ0v) is 16.4. The Morgan fingerprint density at radius 2 is 1.74 bits per heavy atom. The molecule has 0 aromatic heterocycles. The van der Waals surface area contributed by atoms with Gasteiger partial charge in [-0.25, -0.2) is 4.79 Å². The van der Waals surface area contributed by atoms with Crippen molar-refractivity contribution < 1.29 is 28.8 Å². The molecule has 0 spiro atoms. The summed E-state index contributed by atoms with van der Waals surface area (Å²) in [6.45, 7) is 1.34. The van der Waals surface area contributed by atoms with Gasteiger partial charge in [0.2, 0.25) is 5.91 Å². The Balaban J connectivity index is 1.61. The predicted molar refractivity (Wildman–Crippen MR) is 110 cm³/mol. The first-order valence-corrected chi connectivity index (χ1v) is 9.33. The molecule has 0 atom stereocenters. The van der Waals surface area contributed by atoms with Crippen LogP contribution >= 0.6 is 0 Å².